The molecule has 0 amide bonds. The lowest BCUT2D eigenvalue weighted by Gasteiger charge is -2.11. The van der Waals surface area contributed by atoms with Gasteiger partial charge in [-0.05, 0) is 19.4 Å². The summed E-state index contributed by atoms with van der Waals surface area (Å²) in [6, 6.07) is 6.99. The van der Waals surface area contributed by atoms with Crippen molar-refractivity contribution in [2.45, 2.75) is 32.6 Å². The molecule has 0 atom stereocenters. The summed E-state index contributed by atoms with van der Waals surface area (Å²) < 4.78 is 40.0. The lowest BCUT2D eigenvalue weighted by molar-refractivity contribution is -0.140. The van der Waals surface area contributed by atoms with E-state index < -0.39 is 11.9 Å². The number of nitrogens with zero attached hydrogens (tertiary/aromatic N) is 2. The van der Waals surface area contributed by atoms with Crippen LogP contribution in [0.3, 0.4) is 0 Å². The van der Waals surface area contributed by atoms with Gasteiger partial charge in [0, 0.05) is 24.3 Å². The molecule has 0 aliphatic heterocycles. The molecule has 4 nitrogen and oxygen atoms in total. The molecule has 0 radical (unpaired) electrons. The highest BCUT2D eigenvalue weighted by molar-refractivity contribution is 5.57. The summed E-state index contributed by atoms with van der Waals surface area (Å²) in [5, 5.41) is 0. The summed E-state index contributed by atoms with van der Waals surface area (Å²) in [5.41, 5.74) is 3.23. The zero-order chi connectivity index (χ0) is 15.6. The zero-order valence-corrected chi connectivity index (χ0v) is 11.8. The Balaban J connectivity index is 2.44. The van der Waals surface area contributed by atoms with Crippen molar-refractivity contribution >= 4 is 0 Å². The van der Waals surface area contributed by atoms with Gasteiger partial charge in [0.1, 0.15) is 5.82 Å². The number of hydrazine groups is 1. The van der Waals surface area contributed by atoms with E-state index in [0.717, 1.165) is 11.8 Å². The van der Waals surface area contributed by atoms with Crippen molar-refractivity contribution < 1.29 is 13.2 Å². The fourth-order valence-corrected chi connectivity index (χ4v) is 2.03. The van der Waals surface area contributed by atoms with Gasteiger partial charge in [0.05, 0.1) is 0 Å². The summed E-state index contributed by atoms with van der Waals surface area (Å²) in [5.74, 6) is 5.54. The number of rotatable bonds is 4. The lowest BCUT2D eigenvalue weighted by Crippen LogP contribution is -2.20. The molecule has 7 heteroatoms. The molecular weight excluding hydrogens is 281 g/mol. The van der Waals surface area contributed by atoms with Gasteiger partial charge in [-0.2, -0.15) is 13.2 Å². The first-order valence-electron chi connectivity index (χ1n) is 6.51. The van der Waals surface area contributed by atoms with Crippen LogP contribution >= 0.6 is 0 Å². The lowest BCUT2D eigenvalue weighted by atomic mass is 10.1. The van der Waals surface area contributed by atoms with Gasteiger partial charge >= 0.3 is 6.18 Å². The summed E-state index contributed by atoms with van der Waals surface area (Å²) in [4.78, 5) is 3.75. The van der Waals surface area contributed by atoms with E-state index in [0.29, 0.717) is 17.9 Å². The van der Waals surface area contributed by atoms with E-state index in [-0.39, 0.29) is 6.04 Å². The fraction of sp³-hybridized carbons (Fsp3) is 0.357. The van der Waals surface area contributed by atoms with Crippen molar-refractivity contribution in [2.75, 3.05) is 0 Å². The number of benzene rings is 1. The van der Waals surface area contributed by atoms with Gasteiger partial charge in [-0.1, -0.05) is 24.3 Å². The van der Waals surface area contributed by atoms with E-state index >= 15 is 0 Å². The molecule has 0 aliphatic carbocycles. The van der Waals surface area contributed by atoms with Crippen LogP contribution in [0.25, 0.3) is 11.4 Å². The van der Waals surface area contributed by atoms with Crippen LogP contribution in [-0.4, -0.2) is 9.55 Å². The van der Waals surface area contributed by atoms with Gasteiger partial charge < -0.3 is 4.57 Å². The smallest absolute Gasteiger partial charge is 0.328 e. The number of hydrogen-bond acceptors (Lipinski definition) is 3. The number of alkyl halides is 3. The van der Waals surface area contributed by atoms with Crippen LogP contribution < -0.4 is 11.3 Å². The van der Waals surface area contributed by atoms with Gasteiger partial charge in [0.25, 0.3) is 0 Å². The monoisotopic (exact) mass is 298 g/mol. The summed E-state index contributed by atoms with van der Waals surface area (Å²) in [6.45, 7) is 4.13. The third kappa shape index (κ3) is 3.43. The van der Waals surface area contributed by atoms with Crippen molar-refractivity contribution in [3.63, 3.8) is 0 Å². The number of hydrogen-bond donors (Lipinski definition) is 2. The van der Waals surface area contributed by atoms with Crippen LogP contribution in [0.4, 0.5) is 13.2 Å². The van der Waals surface area contributed by atoms with Gasteiger partial charge in [0.2, 0.25) is 0 Å². The van der Waals surface area contributed by atoms with Crippen molar-refractivity contribution in [2.24, 2.45) is 5.84 Å². The second-order valence-electron chi connectivity index (χ2n) is 5.03. The first-order valence-corrected chi connectivity index (χ1v) is 6.51. The number of nitrogens with one attached hydrogen (secondary N) is 1. The third-order valence-corrected chi connectivity index (χ3v) is 3.10. The molecule has 114 valence electrons. The van der Waals surface area contributed by atoms with Gasteiger partial charge in [-0.15, -0.1) is 0 Å². The molecule has 1 aromatic carbocycles. The van der Waals surface area contributed by atoms with E-state index in [1.165, 1.54) is 4.57 Å². The maximum Gasteiger partial charge on any atom is 0.434 e. The standard InChI is InChI=1S/C14H17F3N4/c1-9(2)21-8-12(14(15,16)17)20-13(21)11-5-3-10(4-6-11)7-19-18/h3-6,8-9,19H,7,18H2,1-2H3. The molecule has 0 aliphatic rings. The van der Waals surface area contributed by atoms with Gasteiger partial charge in [-0.3, -0.25) is 11.3 Å². The topological polar surface area (TPSA) is 55.9 Å². The molecule has 2 rings (SSSR count). The minimum Gasteiger partial charge on any atom is -0.328 e. The molecule has 0 saturated carbocycles. The Kier molecular flexibility index (Phi) is 4.34. The van der Waals surface area contributed by atoms with Crippen molar-refractivity contribution in [3.05, 3.63) is 41.7 Å². The highest BCUT2D eigenvalue weighted by Gasteiger charge is 2.35. The van der Waals surface area contributed by atoms with E-state index in [1.54, 1.807) is 12.1 Å². The average molecular weight is 298 g/mol. The Hall–Kier alpha value is -1.86. The van der Waals surface area contributed by atoms with Crippen LogP contribution in [0.5, 0.6) is 0 Å². The van der Waals surface area contributed by atoms with E-state index in [4.69, 9.17) is 5.84 Å². The van der Waals surface area contributed by atoms with E-state index in [2.05, 4.69) is 10.4 Å². The molecular formula is C14H17F3N4. The minimum absolute atomic E-state index is 0.117. The normalized spacial score (nSPS) is 12.1. The number of nitrogens with two attached hydrogens (primary N) is 1. The molecule has 0 spiro atoms. The highest BCUT2D eigenvalue weighted by atomic mass is 19.4. The molecule has 0 bridgehead atoms. The second-order valence-corrected chi connectivity index (χ2v) is 5.03. The van der Waals surface area contributed by atoms with E-state index in [9.17, 15) is 13.2 Å². The molecule has 21 heavy (non-hydrogen) atoms. The van der Waals surface area contributed by atoms with E-state index in [1.807, 2.05) is 26.0 Å². The number of aromatic nitrogens is 2. The van der Waals surface area contributed by atoms with Crippen molar-refractivity contribution in [1.82, 2.24) is 15.0 Å². The second kappa shape index (κ2) is 5.87. The van der Waals surface area contributed by atoms with Crippen LogP contribution in [0.15, 0.2) is 30.5 Å². The van der Waals surface area contributed by atoms with Crippen LogP contribution in [-0.2, 0) is 12.7 Å². The molecule has 2 aromatic rings. The maximum atomic E-state index is 12.8. The summed E-state index contributed by atoms with van der Waals surface area (Å²) in [6.07, 6.45) is -3.40. The summed E-state index contributed by atoms with van der Waals surface area (Å²) >= 11 is 0. The molecule has 0 saturated heterocycles. The van der Waals surface area contributed by atoms with Gasteiger partial charge in [-0.25, -0.2) is 4.98 Å². The Morgan fingerprint density at radius 3 is 2.33 bits per heavy atom. The zero-order valence-electron chi connectivity index (χ0n) is 11.8. The maximum absolute atomic E-state index is 12.8. The van der Waals surface area contributed by atoms with Crippen molar-refractivity contribution in [1.29, 1.82) is 0 Å². The quantitative estimate of drug-likeness (QED) is 0.673. The molecule has 3 N–H and O–H groups in total. The number of imidazole rings is 1. The Labute approximate surface area is 120 Å². The largest absolute Gasteiger partial charge is 0.434 e. The molecule has 0 unspecified atom stereocenters. The van der Waals surface area contributed by atoms with Crippen LogP contribution in [0.2, 0.25) is 0 Å². The number of halogens is 3. The Bertz CT molecular complexity index is 600. The Morgan fingerprint density at radius 1 is 1.24 bits per heavy atom. The van der Waals surface area contributed by atoms with Crippen molar-refractivity contribution in [3.8, 4) is 11.4 Å². The first-order chi connectivity index (χ1) is 9.82. The SMILES string of the molecule is CC(C)n1cc(C(F)(F)F)nc1-c1ccc(CNN)cc1. The molecule has 1 heterocycles. The van der Waals surface area contributed by atoms with Gasteiger partial charge in [0.15, 0.2) is 5.69 Å². The van der Waals surface area contributed by atoms with Crippen LogP contribution in [0.1, 0.15) is 31.1 Å². The molecule has 0 fully saturated rings. The highest BCUT2D eigenvalue weighted by Crippen LogP contribution is 2.32. The van der Waals surface area contributed by atoms with Crippen LogP contribution in [0, 0.1) is 0 Å². The molecule has 1 aromatic heterocycles. The third-order valence-electron chi connectivity index (χ3n) is 3.10. The predicted octanol–water partition coefficient (Wildman–Crippen LogP) is 3.11. The first kappa shape index (κ1) is 15.5. The predicted molar refractivity (Wildman–Crippen MR) is 74.1 cm³/mol. The fourth-order valence-electron chi connectivity index (χ4n) is 2.03. The average Bonchev–Trinajstić information content (AvgIpc) is 2.85. The Morgan fingerprint density at radius 2 is 1.86 bits per heavy atom. The minimum atomic E-state index is -4.45. The summed E-state index contributed by atoms with van der Waals surface area (Å²) in [7, 11) is 0.